The number of carbonyl (C=O) groups is 1. The first-order chi connectivity index (χ1) is 7.23. The fourth-order valence-electron chi connectivity index (χ4n) is 2.41. The topological polar surface area (TPSA) is 38.3 Å². The molecule has 4 heteroatoms. The van der Waals surface area contributed by atoms with Crippen LogP contribution in [0.1, 0.15) is 22.3 Å². The van der Waals surface area contributed by atoms with Crippen LogP contribution in [-0.2, 0) is 10.3 Å². The second kappa shape index (κ2) is 2.97. The van der Waals surface area contributed by atoms with Crippen LogP contribution in [0.15, 0.2) is 18.2 Å². The molecule has 78 valence electrons. The Labute approximate surface area is 92.4 Å². The summed E-state index contributed by atoms with van der Waals surface area (Å²) in [6.45, 7) is 1.52. The van der Waals surface area contributed by atoms with Crippen molar-refractivity contribution >= 4 is 17.6 Å². The zero-order chi connectivity index (χ0) is 10.5. The van der Waals surface area contributed by atoms with Gasteiger partial charge in [-0.2, -0.15) is 0 Å². The van der Waals surface area contributed by atoms with E-state index in [1.807, 2.05) is 6.07 Å². The maximum absolute atomic E-state index is 11.7. The predicted molar refractivity (Wildman–Crippen MR) is 56.0 cm³/mol. The van der Waals surface area contributed by atoms with Crippen LogP contribution in [0.2, 0.25) is 5.02 Å². The number of hydrogen-bond acceptors (Lipinski definition) is 3. The lowest BCUT2D eigenvalue weighted by Crippen LogP contribution is -2.29. The highest BCUT2D eigenvalue weighted by Crippen LogP contribution is 2.44. The summed E-state index contributed by atoms with van der Waals surface area (Å²) in [5, 5.41) is 3.83. The highest BCUT2D eigenvalue weighted by molar-refractivity contribution is 6.32. The molecule has 0 saturated carbocycles. The molecule has 2 aliphatic rings. The normalized spacial score (nSPS) is 28.2. The smallest absolute Gasteiger partial charge is 0.339 e. The van der Waals surface area contributed by atoms with Gasteiger partial charge in [0.25, 0.3) is 0 Å². The quantitative estimate of drug-likeness (QED) is 0.681. The number of carbonyl (C=O) groups excluding carboxylic acids is 1. The standard InChI is InChI=1S/C11H10ClNO2/c12-8-3-1-2-7-9(8)11(15-10(7)14)4-5-13-6-11/h1-3,13H,4-6H2. The number of halogens is 1. The number of rotatable bonds is 0. The summed E-state index contributed by atoms with van der Waals surface area (Å²) in [4.78, 5) is 11.7. The van der Waals surface area contributed by atoms with Crippen LogP contribution in [0.25, 0.3) is 0 Å². The van der Waals surface area contributed by atoms with Gasteiger partial charge in [-0.15, -0.1) is 0 Å². The Balaban J connectivity index is 2.23. The first-order valence-electron chi connectivity index (χ1n) is 4.96. The van der Waals surface area contributed by atoms with Crippen LogP contribution in [0.5, 0.6) is 0 Å². The fraction of sp³-hybridized carbons (Fsp3) is 0.364. The third kappa shape index (κ3) is 1.13. The molecular weight excluding hydrogens is 214 g/mol. The third-order valence-corrected chi connectivity index (χ3v) is 3.41. The van der Waals surface area contributed by atoms with E-state index in [1.54, 1.807) is 12.1 Å². The highest BCUT2D eigenvalue weighted by atomic mass is 35.5. The molecule has 0 amide bonds. The summed E-state index contributed by atoms with van der Waals surface area (Å²) in [5.41, 5.74) is 0.970. The Morgan fingerprint density at radius 2 is 2.33 bits per heavy atom. The lowest BCUT2D eigenvalue weighted by Gasteiger charge is -2.22. The number of ether oxygens (including phenoxy) is 1. The van der Waals surface area contributed by atoms with Gasteiger partial charge in [0.05, 0.1) is 5.56 Å². The van der Waals surface area contributed by atoms with E-state index in [2.05, 4.69) is 5.32 Å². The van der Waals surface area contributed by atoms with Crippen molar-refractivity contribution in [2.45, 2.75) is 12.0 Å². The van der Waals surface area contributed by atoms with Crippen molar-refractivity contribution < 1.29 is 9.53 Å². The Bertz CT molecular complexity index is 438. The zero-order valence-electron chi connectivity index (χ0n) is 8.05. The predicted octanol–water partition coefficient (Wildman–Crippen LogP) is 1.70. The van der Waals surface area contributed by atoms with Crippen LogP contribution >= 0.6 is 11.6 Å². The Morgan fingerprint density at radius 3 is 3.07 bits per heavy atom. The van der Waals surface area contributed by atoms with E-state index in [1.165, 1.54) is 0 Å². The van der Waals surface area contributed by atoms with Gasteiger partial charge >= 0.3 is 5.97 Å². The number of nitrogens with one attached hydrogen (secondary N) is 1. The van der Waals surface area contributed by atoms with Gasteiger partial charge in [-0.1, -0.05) is 17.7 Å². The molecule has 1 aromatic carbocycles. The van der Waals surface area contributed by atoms with E-state index in [0.29, 0.717) is 17.1 Å². The Kier molecular flexibility index (Phi) is 1.82. The lowest BCUT2D eigenvalue weighted by molar-refractivity contribution is 0.00168. The van der Waals surface area contributed by atoms with E-state index in [4.69, 9.17) is 16.3 Å². The summed E-state index contributed by atoms with van der Waals surface area (Å²) < 4.78 is 5.48. The van der Waals surface area contributed by atoms with Crippen molar-refractivity contribution in [2.24, 2.45) is 0 Å². The third-order valence-electron chi connectivity index (χ3n) is 3.09. The molecule has 2 heterocycles. The molecule has 1 unspecified atom stereocenters. The number of benzene rings is 1. The second-order valence-corrected chi connectivity index (χ2v) is 4.38. The molecule has 2 aliphatic heterocycles. The SMILES string of the molecule is O=C1OC2(CCNC2)c2c(Cl)cccc21. The van der Waals surface area contributed by atoms with Crippen molar-refractivity contribution in [1.29, 1.82) is 0 Å². The molecule has 0 aliphatic carbocycles. The second-order valence-electron chi connectivity index (χ2n) is 3.97. The average molecular weight is 224 g/mol. The molecule has 1 spiro atoms. The van der Waals surface area contributed by atoms with Crippen molar-refractivity contribution in [3.8, 4) is 0 Å². The van der Waals surface area contributed by atoms with Crippen LogP contribution in [-0.4, -0.2) is 19.1 Å². The van der Waals surface area contributed by atoms with E-state index in [-0.39, 0.29) is 5.97 Å². The van der Waals surface area contributed by atoms with E-state index >= 15 is 0 Å². The van der Waals surface area contributed by atoms with Crippen molar-refractivity contribution in [2.75, 3.05) is 13.1 Å². The molecule has 1 aromatic rings. The van der Waals surface area contributed by atoms with Gasteiger partial charge in [0.1, 0.15) is 0 Å². The van der Waals surface area contributed by atoms with Gasteiger partial charge in [0, 0.05) is 23.6 Å². The molecule has 3 nitrogen and oxygen atoms in total. The van der Waals surface area contributed by atoms with Gasteiger partial charge in [-0.05, 0) is 18.7 Å². The maximum atomic E-state index is 11.7. The van der Waals surface area contributed by atoms with Gasteiger partial charge in [-0.3, -0.25) is 0 Å². The van der Waals surface area contributed by atoms with E-state index in [0.717, 1.165) is 18.5 Å². The molecule has 3 rings (SSSR count). The molecule has 0 bridgehead atoms. The fourth-order valence-corrected chi connectivity index (χ4v) is 2.76. The Hall–Kier alpha value is -1.06. The summed E-state index contributed by atoms with van der Waals surface area (Å²) in [5.74, 6) is -0.254. The summed E-state index contributed by atoms with van der Waals surface area (Å²) in [7, 11) is 0. The molecule has 0 radical (unpaired) electrons. The minimum Gasteiger partial charge on any atom is -0.449 e. The lowest BCUT2D eigenvalue weighted by atomic mass is 9.91. The van der Waals surface area contributed by atoms with Gasteiger partial charge < -0.3 is 10.1 Å². The van der Waals surface area contributed by atoms with Gasteiger partial charge in [0.2, 0.25) is 0 Å². The van der Waals surface area contributed by atoms with Gasteiger partial charge in [-0.25, -0.2) is 4.79 Å². The van der Waals surface area contributed by atoms with Crippen molar-refractivity contribution in [3.05, 3.63) is 34.3 Å². The molecule has 1 saturated heterocycles. The van der Waals surface area contributed by atoms with Gasteiger partial charge in [0.15, 0.2) is 5.60 Å². The first kappa shape index (κ1) is 9.19. The largest absolute Gasteiger partial charge is 0.449 e. The molecule has 1 N–H and O–H groups in total. The molecule has 0 aromatic heterocycles. The molecule has 1 atom stereocenters. The molecule has 15 heavy (non-hydrogen) atoms. The van der Waals surface area contributed by atoms with E-state index < -0.39 is 5.60 Å². The van der Waals surface area contributed by atoms with Crippen LogP contribution < -0.4 is 5.32 Å². The summed E-state index contributed by atoms with van der Waals surface area (Å²) in [6, 6.07) is 5.36. The molecular formula is C11H10ClNO2. The number of fused-ring (bicyclic) bond motifs is 2. The van der Waals surface area contributed by atoms with Crippen molar-refractivity contribution in [1.82, 2.24) is 5.32 Å². The molecule has 1 fully saturated rings. The minimum atomic E-state index is -0.509. The maximum Gasteiger partial charge on any atom is 0.339 e. The van der Waals surface area contributed by atoms with Crippen LogP contribution in [0.3, 0.4) is 0 Å². The van der Waals surface area contributed by atoms with Crippen LogP contribution in [0.4, 0.5) is 0 Å². The average Bonchev–Trinajstić information content (AvgIpc) is 2.76. The highest BCUT2D eigenvalue weighted by Gasteiger charge is 2.48. The number of hydrogen-bond donors (Lipinski definition) is 1. The minimum absolute atomic E-state index is 0.254. The summed E-state index contributed by atoms with van der Waals surface area (Å²) >= 11 is 6.14. The van der Waals surface area contributed by atoms with Crippen molar-refractivity contribution in [3.63, 3.8) is 0 Å². The Morgan fingerprint density at radius 1 is 1.47 bits per heavy atom. The van der Waals surface area contributed by atoms with E-state index in [9.17, 15) is 4.79 Å². The number of esters is 1. The summed E-state index contributed by atoms with van der Waals surface area (Å²) in [6.07, 6.45) is 0.801. The monoisotopic (exact) mass is 223 g/mol. The zero-order valence-corrected chi connectivity index (χ0v) is 8.80. The first-order valence-corrected chi connectivity index (χ1v) is 5.34. The van der Waals surface area contributed by atoms with Crippen LogP contribution in [0, 0.1) is 0 Å².